The highest BCUT2D eigenvalue weighted by molar-refractivity contribution is 6.04. The van der Waals surface area contributed by atoms with Crippen molar-refractivity contribution in [3.05, 3.63) is 53.6 Å². The number of ether oxygens (including phenoxy) is 2. The number of hydrogen-bond acceptors (Lipinski definition) is 6. The van der Waals surface area contributed by atoms with E-state index in [2.05, 4.69) is 5.32 Å². The molecule has 7 heteroatoms. The van der Waals surface area contributed by atoms with Crippen LogP contribution in [-0.2, 0) is 9.53 Å². The molecule has 0 aromatic heterocycles. The summed E-state index contributed by atoms with van der Waals surface area (Å²) in [5.41, 5.74) is 0.573. The van der Waals surface area contributed by atoms with E-state index in [1.807, 2.05) is 0 Å². The van der Waals surface area contributed by atoms with E-state index >= 15 is 0 Å². The molecule has 0 spiro atoms. The molecule has 2 aromatic carbocycles. The molecule has 0 bridgehead atoms. The highest BCUT2D eigenvalue weighted by atomic mass is 16.5. The Morgan fingerprint density at radius 1 is 1.04 bits per heavy atom. The van der Waals surface area contributed by atoms with Gasteiger partial charge in [0.25, 0.3) is 5.91 Å². The number of benzene rings is 2. The molecule has 2 N–H and O–H groups in total. The fraction of sp³-hybridized carbons (Fsp3) is 0.167. The normalized spacial score (nSPS) is 10.0. The molecule has 0 atom stereocenters. The van der Waals surface area contributed by atoms with Crippen LogP contribution in [-0.4, -0.2) is 36.5 Å². The van der Waals surface area contributed by atoms with E-state index in [-0.39, 0.29) is 22.8 Å². The van der Waals surface area contributed by atoms with Crippen LogP contribution in [0.4, 0.5) is 5.69 Å². The predicted molar refractivity (Wildman–Crippen MR) is 90.0 cm³/mol. The Hall–Kier alpha value is -3.35. The Morgan fingerprint density at radius 2 is 1.72 bits per heavy atom. The summed E-state index contributed by atoms with van der Waals surface area (Å²) in [6.07, 6.45) is 0. The minimum absolute atomic E-state index is 0.115. The number of carbonyl (C=O) groups excluding carboxylic acids is 3. The third-order valence-corrected chi connectivity index (χ3v) is 3.35. The van der Waals surface area contributed by atoms with Gasteiger partial charge in [0.2, 0.25) is 0 Å². The Bertz CT molecular complexity index is 815. The summed E-state index contributed by atoms with van der Waals surface area (Å²) < 4.78 is 9.80. The fourth-order valence-electron chi connectivity index (χ4n) is 2.15. The molecular formula is C18H17NO6. The van der Waals surface area contributed by atoms with Gasteiger partial charge in [-0.25, -0.2) is 4.79 Å². The average Bonchev–Trinajstić information content (AvgIpc) is 2.60. The fourth-order valence-corrected chi connectivity index (χ4v) is 2.15. The molecule has 7 nitrogen and oxygen atoms in total. The molecule has 2 aromatic rings. The first-order chi connectivity index (χ1) is 11.9. The molecule has 0 saturated heterocycles. The smallest absolute Gasteiger partial charge is 0.342 e. The van der Waals surface area contributed by atoms with Crippen molar-refractivity contribution in [3.8, 4) is 11.5 Å². The van der Waals surface area contributed by atoms with Gasteiger partial charge in [0.15, 0.2) is 23.9 Å². The molecular weight excluding hydrogens is 326 g/mol. The van der Waals surface area contributed by atoms with Gasteiger partial charge in [0, 0.05) is 5.56 Å². The van der Waals surface area contributed by atoms with E-state index in [0.29, 0.717) is 11.3 Å². The van der Waals surface area contributed by atoms with Crippen LogP contribution in [0.1, 0.15) is 27.6 Å². The molecule has 0 heterocycles. The number of anilines is 1. The Morgan fingerprint density at radius 3 is 2.40 bits per heavy atom. The van der Waals surface area contributed by atoms with Gasteiger partial charge in [0.05, 0.1) is 12.8 Å². The third kappa shape index (κ3) is 4.35. The standard InChI is InChI=1S/C18H17NO6/c1-11(20)12-6-3-4-8-14(12)19-16(21)10-25-18(23)13-7-5-9-15(24-2)17(13)22/h3-9,22H,10H2,1-2H3,(H,19,21). The zero-order chi connectivity index (χ0) is 18.4. The first-order valence-corrected chi connectivity index (χ1v) is 7.37. The van der Waals surface area contributed by atoms with Crippen molar-refractivity contribution in [2.75, 3.05) is 19.0 Å². The van der Waals surface area contributed by atoms with Crippen molar-refractivity contribution < 1.29 is 29.0 Å². The quantitative estimate of drug-likeness (QED) is 0.617. The molecule has 1 amide bonds. The van der Waals surface area contributed by atoms with E-state index in [1.165, 1.54) is 32.2 Å². The maximum absolute atomic E-state index is 12.0. The number of Topliss-reactive ketones (excluding diaryl/α,β-unsaturated/α-hetero) is 1. The van der Waals surface area contributed by atoms with Crippen LogP contribution >= 0.6 is 0 Å². The number of phenols is 1. The first kappa shape index (κ1) is 18.0. The van der Waals surface area contributed by atoms with Crippen LogP contribution in [0.2, 0.25) is 0 Å². The summed E-state index contributed by atoms with van der Waals surface area (Å²) in [5, 5.41) is 12.4. The van der Waals surface area contributed by atoms with Crippen molar-refractivity contribution in [1.29, 1.82) is 0 Å². The third-order valence-electron chi connectivity index (χ3n) is 3.35. The van der Waals surface area contributed by atoms with Gasteiger partial charge in [0.1, 0.15) is 5.56 Å². The monoisotopic (exact) mass is 343 g/mol. The number of phenolic OH excluding ortho intramolecular Hbond substituents is 1. The molecule has 25 heavy (non-hydrogen) atoms. The minimum Gasteiger partial charge on any atom is -0.504 e. The van der Waals surface area contributed by atoms with E-state index in [1.54, 1.807) is 24.3 Å². The van der Waals surface area contributed by atoms with E-state index < -0.39 is 18.5 Å². The zero-order valence-electron chi connectivity index (χ0n) is 13.7. The lowest BCUT2D eigenvalue weighted by molar-refractivity contribution is -0.119. The lowest BCUT2D eigenvalue weighted by Gasteiger charge is -2.10. The van der Waals surface area contributed by atoms with Gasteiger partial charge in [-0.2, -0.15) is 0 Å². The molecule has 0 aliphatic carbocycles. The van der Waals surface area contributed by atoms with Crippen molar-refractivity contribution in [3.63, 3.8) is 0 Å². The maximum Gasteiger partial charge on any atom is 0.342 e. The van der Waals surface area contributed by atoms with Gasteiger partial charge in [-0.05, 0) is 31.2 Å². The summed E-state index contributed by atoms with van der Waals surface area (Å²) in [6, 6.07) is 10.8. The largest absolute Gasteiger partial charge is 0.504 e. The van der Waals surface area contributed by atoms with Gasteiger partial charge in [-0.1, -0.05) is 18.2 Å². The second-order valence-corrected chi connectivity index (χ2v) is 5.08. The summed E-state index contributed by atoms with van der Waals surface area (Å²) in [6.45, 7) is 0.818. The second-order valence-electron chi connectivity index (χ2n) is 5.08. The first-order valence-electron chi connectivity index (χ1n) is 7.37. The van der Waals surface area contributed by atoms with Crippen LogP contribution < -0.4 is 10.1 Å². The van der Waals surface area contributed by atoms with Crippen LogP contribution in [0.3, 0.4) is 0 Å². The van der Waals surface area contributed by atoms with Crippen LogP contribution in [0.15, 0.2) is 42.5 Å². The van der Waals surface area contributed by atoms with Gasteiger partial charge in [-0.3, -0.25) is 9.59 Å². The molecule has 130 valence electrons. The molecule has 0 unspecified atom stereocenters. The lowest BCUT2D eigenvalue weighted by Crippen LogP contribution is -2.22. The number of amides is 1. The van der Waals surface area contributed by atoms with Crippen LogP contribution in [0, 0.1) is 0 Å². The van der Waals surface area contributed by atoms with E-state index in [4.69, 9.17) is 9.47 Å². The highest BCUT2D eigenvalue weighted by Gasteiger charge is 2.18. The summed E-state index contributed by atoms with van der Waals surface area (Å²) >= 11 is 0. The predicted octanol–water partition coefficient (Wildman–Crippen LogP) is 2.40. The maximum atomic E-state index is 12.0. The average molecular weight is 343 g/mol. The summed E-state index contributed by atoms with van der Waals surface area (Å²) in [7, 11) is 1.35. The number of esters is 1. The molecule has 2 rings (SSSR count). The Balaban J connectivity index is 2.01. The van der Waals surface area contributed by atoms with Gasteiger partial charge < -0.3 is 19.9 Å². The Kier molecular flexibility index (Phi) is 5.73. The number of aromatic hydroxyl groups is 1. The minimum atomic E-state index is -0.869. The van der Waals surface area contributed by atoms with Crippen molar-refractivity contribution in [1.82, 2.24) is 0 Å². The van der Waals surface area contributed by atoms with E-state index in [0.717, 1.165) is 0 Å². The summed E-state index contributed by atoms with van der Waals surface area (Å²) in [5.74, 6) is -1.92. The molecule has 0 aliphatic rings. The molecule has 0 saturated carbocycles. The number of para-hydroxylation sites is 2. The molecule has 0 fully saturated rings. The van der Waals surface area contributed by atoms with Crippen molar-refractivity contribution >= 4 is 23.3 Å². The van der Waals surface area contributed by atoms with E-state index in [9.17, 15) is 19.5 Å². The SMILES string of the molecule is COc1cccc(C(=O)OCC(=O)Nc2ccccc2C(C)=O)c1O. The van der Waals surface area contributed by atoms with Crippen molar-refractivity contribution in [2.45, 2.75) is 6.92 Å². The summed E-state index contributed by atoms with van der Waals surface area (Å²) in [4.78, 5) is 35.5. The molecule has 0 aliphatic heterocycles. The highest BCUT2D eigenvalue weighted by Crippen LogP contribution is 2.29. The number of methoxy groups -OCH3 is 1. The van der Waals surface area contributed by atoms with Crippen molar-refractivity contribution in [2.24, 2.45) is 0 Å². The topological polar surface area (TPSA) is 102 Å². The van der Waals surface area contributed by atoms with Gasteiger partial charge in [-0.15, -0.1) is 0 Å². The molecule has 0 radical (unpaired) electrons. The number of nitrogens with one attached hydrogen (secondary N) is 1. The second kappa shape index (κ2) is 7.96. The zero-order valence-corrected chi connectivity index (χ0v) is 13.7. The number of ketones is 1. The number of hydrogen-bond donors (Lipinski definition) is 2. The number of carbonyl (C=O) groups is 3. The lowest BCUT2D eigenvalue weighted by atomic mass is 10.1. The van der Waals surface area contributed by atoms with Crippen LogP contribution in [0.25, 0.3) is 0 Å². The van der Waals surface area contributed by atoms with Crippen LogP contribution in [0.5, 0.6) is 11.5 Å². The van der Waals surface area contributed by atoms with Gasteiger partial charge >= 0.3 is 5.97 Å². The Labute approximate surface area is 144 Å². The number of rotatable bonds is 6.